The highest BCUT2D eigenvalue weighted by atomic mass is 35.5. The number of carbonyl (C=O) groups excluding carboxylic acids is 1. The van der Waals surface area contributed by atoms with Gasteiger partial charge in [-0.25, -0.2) is 4.98 Å². The molecular weight excluding hydrogens is 414 g/mol. The highest BCUT2D eigenvalue weighted by molar-refractivity contribution is 7.10. The van der Waals surface area contributed by atoms with Gasteiger partial charge in [0.25, 0.3) is 5.91 Å². The standard InChI is InChI=1S/C24H22ClN3OS/c1-2-27-15-19(18-5-3-4-6-20(18)27)24(29)28-11-9-17-10-12-30-23(17)21(28)13-16-7-8-22(25)26-14-16/h3-8,10,12,14-15,21H,2,9,11,13H2,1H3. The van der Waals surface area contributed by atoms with Gasteiger partial charge in [-0.1, -0.05) is 35.9 Å². The summed E-state index contributed by atoms with van der Waals surface area (Å²) in [6, 6.07) is 14.2. The van der Waals surface area contributed by atoms with Crippen LogP contribution in [-0.4, -0.2) is 26.9 Å². The van der Waals surface area contributed by atoms with Gasteiger partial charge in [0.05, 0.1) is 11.6 Å². The van der Waals surface area contributed by atoms with E-state index in [4.69, 9.17) is 11.6 Å². The van der Waals surface area contributed by atoms with Gasteiger partial charge >= 0.3 is 0 Å². The van der Waals surface area contributed by atoms with Gasteiger partial charge in [0.15, 0.2) is 0 Å². The lowest BCUT2D eigenvalue weighted by Gasteiger charge is -2.36. The molecule has 1 aliphatic heterocycles. The number of hydrogen-bond acceptors (Lipinski definition) is 3. The summed E-state index contributed by atoms with van der Waals surface area (Å²) >= 11 is 7.71. The first-order valence-corrected chi connectivity index (χ1v) is 11.5. The highest BCUT2D eigenvalue weighted by Crippen LogP contribution is 2.38. The van der Waals surface area contributed by atoms with Crippen LogP contribution >= 0.6 is 22.9 Å². The van der Waals surface area contributed by atoms with Crippen LogP contribution in [-0.2, 0) is 19.4 Å². The molecule has 1 aromatic carbocycles. The lowest BCUT2D eigenvalue weighted by atomic mass is 9.95. The van der Waals surface area contributed by atoms with Crippen LogP contribution in [0.5, 0.6) is 0 Å². The summed E-state index contributed by atoms with van der Waals surface area (Å²) in [6.07, 6.45) is 5.45. The van der Waals surface area contributed by atoms with E-state index in [2.05, 4.69) is 38.9 Å². The number of para-hydroxylation sites is 1. The number of aromatic nitrogens is 2. The first kappa shape index (κ1) is 19.3. The molecule has 0 saturated carbocycles. The van der Waals surface area contributed by atoms with Crippen LogP contribution in [0.4, 0.5) is 0 Å². The molecule has 1 unspecified atom stereocenters. The number of halogens is 1. The van der Waals surface area contributed by atoms with Gasteiger partial charge in [-0.05, 0) is 54.5 Å². The average Bonchev–Trinajstić information content (AvgIpc) is 3.40. The van der Waals surface area contributed by atoms with Crippen molar-refractivity contribution in [3.8, 4) is 0 Å². The van der Waals surface area contributed by atoms with E-state index in [1.165, 1.54) is 10.4 Å². The van der Waals surface area contributed by atoms with Crippen LogP contribution in [0.3, 0.4) is 0 Å². The predicted molar refractivity (Wildman–Crippen MR) is 122 cm³/mol. The zero-order chi connectivity index (χ0) is 20.7. The third-order valence-corrected chi connectivity index (χ3v) is 7.20. The summed E-state index contributed by atoms with van der Waals surface area (Å²) in [7, 11) is 0. The maximum atomic E-state index is 13.8. The minimum absolute atomic E-state index is 0.00737. The molecule has 0 radical (unpaired) electrons. The number of benzene rings is 1. The largest absolute Gasteiger partial charge is 0.347 e. The smallest absolute Gasteiger partial charge is 0.256 e. The maximum absolute atomic E-state index is 13.8. The van der Waals surface area contributed by atoms with E-state index in [0.29, 0.717) is 5.15 Å². The van der Waals surface area contributed by atoms with E-state index in [1.807, 2.05) is 42.7 Å². The molecule has 6 heteroatoms. The van der Waals surface area contributed by atoms with Crippen LogP contribution in [0.1, 0.15) is 39.3 Å². The number of nitrogens with zero attached hydrogens (tertiary/aromatic N) is 3. The van der Waals surface area contributed by atoms with Gasteiger partial charge in [-0.3, -0.25) is 4.79 Å². The molecule has 30 heavy (non-hydrogen) atoms. The summed E-state index contributed by atoms with van der Waals surface area (Å²) in [5, 5.41) is 3.64. The summed E-state index contributed by atoms with van der Waals surface area (Å²) in [6.45, 7) is 3.67. The zero-order valence-corrected chi connectivity index (χ0v) is 18.3. The predicted octanol–water partition coefficient (Wildman–Crippen LogP) is 5.75. The zero-order valence-electron chi connectivity index (χ0n) is 16.7. The Bertz CT molecular complexity index is 1210. The Morgan fingerprint density at radius 3 is 2.90 bits per heavy atom. The van der Waals surface area contributed by atoms with Crippen LogP contribution in [0.2, 0.25) is 5.15 Å². The van der Waals surface area contributed by atoms with E-state index >= 15 is 0 Å². The lowest BCUT2D eigenvalue weighted by Crippen LogP contribution is -2.40. The summed E-state index contributed by atoms with van der Waals surface area (Å²) in [5.41, 5.74) is 4.33. The topological polar surface area (TPSA) is 38.1 Å². The van der Waals surface area contributed by atoms with Gasteiger partial charge < -0.3 is 9.47 Å². The van der Waals surface area contributed by atoms with Crippen molar-refractivity contribution < 1.29 is 4.79 Å². The van der Waals surface area contributed by atoms with E-state index in [1.54, 1.807) is 11.3 Å². The highest BCUT2D eigenvalue weighted by Gasteiger charge is 2.33. The van der Waals surface area contributed by atoms with Crippen molar-refractivity contribution >= 4 is 39.7 Å². The number of rotatable bonds is 4. The van der Waals surface area contributed by atoms with Crippen molar-refractivity contribution in [1.29, 1.82) is 0 Å². The fourth-order valence-electron chi connectivity index (χ4n) is 4.41. The van der Waals surface area contributed by atoms with Crippen molar-refractivity contribution in [2.75, 3.05) is 6.54 Å². The fourth-order valence-corrected chi connectivity index (χ4v) is 5.59. The molecule has 0 bridgehead atoms. The molecular formula is C24H22ClN3OS. The lowest BCUT2D eigenvalue weighted by molar-refractivity contribution is 0.0666. The Hall–Kier alpha value is -2.63. The number of pyridine rings is 1. The quantitative estimate of drug-likeness (QED) is 0.382. The molecule has 0 aliphatic carbocycles. The second kappa shape index (κ2) is 7.89. The number of amides is 1. The molecule has 0 fully saturated rings. The molecule has 0 N–H and O–H groups in total. The molecule has 4 heterocycles. The molecule has 1 aliphatic rings. The number of thiophene rings is 1. The van der Waals surface area contributed by atoms with Gasteiger partial charge in [0, 0.05) is 41.3 Å². The molecule has 1 atom stereocenters. The monoisotopic (exact) mass is 435 g/mol. The summed E-state index contributed by atoms with van der Waals surface area (Å²) < 4.78 is 2.15. The second-order valence-electron chi connectivity index (χ2n) is 7.61. The maximum Gasteiger partial charge on any atom is 0.256 e. The number of hydrogen-bond donors (Lipinski definition) is 0. The van der Waals surface area contributed by atoms with Gasteiger partial charge in [0.2, 0.25) is 0 Å². The van der Waals surface area contributed by atoms with Gasteiger partial charge in [-0.2, -0.15) is 0 Å². The second-order valence-corrected chi connectivity index (χ2v) is 8.95. The van der Waals surface area contributed by atoms with Crippen LogP contribution in [0.25, 0.3) is 10.9 Å². The SMILES string of the molecule is CCn1cc(C(=O)N2CCc3ccsc3C2Cc2ccc(Cl)nc2)c2ccccc21. The van der Waals surface area contributed by atoms with Crippen molar-refractivity contribution in [2.24, 2.45) is 0 Å². The van der Waals surface area contributed by atoms with Crippen molar-refractivity contribution in [2.45, 2.75) is 32.4 Å². The third kappa shape index (κ3) is 3.32. The van der Waals surface area contributed by atoms with E-state index in [9.17, 15) is 4.79 Å². The first-order chi connectivity index (χ1) is 14.7. The number of carbonyl (C=O) groups is 1. The molecule has 0 saturated heterocycles. The molecule has 4 aromatic rings. The van der Waals surface area contributed by atoms with Crippen LogP contribution in [0, 0.1) is 0 Å². The summed E-state index contributed by atoms with van der Waals surface area (Å²) in [5.74, 6) is 0.101. The minimum Gasteiger partial charge on any atom is -0.347 e. The van der Waals surface area contributed by atoms with Crippen molar-refractivity contribution in [1.82, 2.24) is 14.5 Å². The minimum atomic E-state index is 0.00737. The van der Waals surface area contributed by atoms with Crippen molar-refractivity contribution in [3.05, 3.63) is 87.0 Å². The van der Waals surface area contributed by atoms with Crippen LogP contribution in [0.15, 0.2) is 60.2 Å². The average molecular weight is 436 g/mol. The number of aryl methyl sites for hydroxylation is 1. The summed E-state index contributed by atoms with van der Waals surface area (Å²) in [4.78, 5) is 21.4. The Morgan fingerprint density at radius 1 is 1.23 bits per heavy atom. The number of fused-ring (bicyclic) bond motifs is 2. The first-order valence-electron chi connectivity index (χ1n) is 10.2. The van der Waals surface area contributed by atoms with E-state index < -0.39 is 0 Å². The molecule has 3 aromatic heterocycles. The van der Waals surface area contributed by atoms with Crippen LogP contribution < -0.4 is 0 Å². The van der Waals surface area contributed by atoms with Gasteiger partial charge in [-0.15, -0.1) is 11.3 Å². The Labute approximate surface area is 184 Å². The molecule has 152 valence electrons. The molecule has 5 rings (SSSR count). The molecule has 4 nitrogen and oxygen atoms in total. The Kier molecular flexibility index (Phi) is 5.09. The Balaban J connectivity index is 1.55. The molecule has 1 amide bonds. The van der Waals surface area contributed by atoms with Crippen molar-refractivity contribution in [3.63, 3.8) is 0 Å². The Morgan fingerprint density at radius 2 is 2.10 bits per heavy atom. The van der Waals surface area contributed by atoms with Gasteiger partial charge in [0.1, 0.15) is 5.15 Å². The van der Waals surface area contributed by atoms with E-state index in [0.717, 1.165) is 48.0 Å². The molecule has 0 spiro atoms. The van der Waals surface area contributed by atoms with E-state index in [-0.39, 0.29) is 11.9 Å². The normalized spacial score (nSPS) is 16.1. The fraction of sp³-hybridized carbons (Fsp3) is 0.250. The third-order valence-electron chi connectivity index (χ3n) is 5.92.